The van der Waals surface area contributed by atoms with E-state index in [1.54, 1.807) is 42.1 Å². The number of aromatic hydroxyl groups is 1. The average Bonchev–Trinajstić information content (AvgIpc) is 2.30. The van der Waals surface area contributed by atoms with Gasteiger partial charge in [-0.2, -0.15) is 0 Å². The number of methoxy groups -OCH3 is 1. The predicted molar refractivity (Wildman–Crippen MR) is 58.4 cm³/mol. The Balaban J connectivity index is 2.51. The van der Waals surface area contributed by atoms with Crippen LogP contribution in [-0.2, 0) is 0 Å². The number of nitrogens with zero attached hydrogens (tertiary/aromatic N) is 2. The molecule has 1 heterocycles. The summed E-state index contributed by atoms with van der Waals surface area (Å²) in [5.41, 5.74) is 6.93. The minimum atomic E-state index is 0.207. The van der Waals surface area contributed by atoms with Crippen molar-refractivity contribution in [3.63, 3.8) is 0 Å². The summed E-state index contributed by atoms with van der Waals surface area (Å²) >= 11 is 0. The molecule has 0 saturated heterocycles. The molecule has 0 amide bonds. The molecule has 0 saturated carbocycles. The van der Waals surface area contributed by atoms with Crippen molar-refractivity contribution in [3.05, 3.63) is 36.5 Å². The normalized spacial score (nSPS) is 10.1. The first-order valence-electron chi connectivity index (χ1n) is 4.72. The number of rotatable bonds is 2. The minimum absolute atomic E-state index is 0.207. The third-order valence-electron chi connectivity index (χ3n) is 2.12. The van der Waals surface area contributed by atoms with Crippen LogP contribution in [0.25, 0.3) is 5.69 Å². The molecular weight excluding hydrogens is 206 g/mol. The number of hydrogen-bond donors (Lipinski definition) is 2. The standard InChI is InChI=1S/C11H11N3O2/c1-16-11-6-8(12)7-13-14(11)9-2-4-10(15)5-3-9/h2-7,12,15H,1H3/p+1. The van der Waals surface area contributed by atoms with E-state index < -0.39 is 0 Å². The highest BCUT2D eigenvalue weighted by atomic mass is 16.5. The first-order valence-corrected chi connectivity index (χ1v) is 4.72. The number of phenolic OH excluding ortho intramolecular Hbond substituents is 1. The van der Waals surface area contributed by atoms with E-state index >= 15 is 0 Å². The number of nitrogen functional groups attached to an aromatic ring is 1. The van der Waals surface area contributed by atoms with Gasteiger partial charge in [0, 0.05) is 17.2 Å². The largest absolute Gasteiger partial charge is 0.508 e. The summed E-state index contributed by atoms with van der Waals surface area (Å²) in [5, 5.41) is 13.3. The summed E-state index contributed by atoms with van der Waals surface area (Å²) in [4.78, 5) is 0. The second kappa shape index (κ2) is 4.06. The van der Waals surface area contributed by atoms with Crippen molar-refractivity contribution in [2.75, 3.05) is 12.8 Å². The Morgan fingerprint density at radius 1 is 1.31 bits per heavy atom. The predicted octanol–water partition coefficient (Wildman–Crippen LogP) is 0.655. The Hall–Kier alpha value is -2.30. The maximum Gasteiger partial charge on any atom is 0.401 e. The summed E-state index contributed by atoms with van der Waals surface area (Å²) in [6, 6.07) is 8.32. The topological polar surface area (TPSA) is 72.2 Å². The van der Waals surface area contributed by atoms with Gasteiger partial charge in [0.25, 0.3) is 0 Å². The van der Waals surface area contributed by atoms with Crippen LogP contribution in [0, 0.1) is 0 Å². The van der Waals surface area contributed by atoms with E-state index in [4.69, 9.17) is 10.5 Å². The first kappa shape index (κ1) is 10.2. The number of phenols is 1. The Kier molecular flexibility index (Phi) is 2.59. The van der Waals surface area contributed by atoms with Crippen molar-refractivity contribution < 1.29 is 14.5 Å². The Morgan fingerprint density at radius 3 is 2.62 bits per heavy atom. The molecule has 0 aliphatic carbocycles. The van der Waals surface area contributed by atoms with Gasteiger partial charge in [0.05, 0.1) is 18.9 Å². The molecule has 0 fully saturated rings. The van der Waals surface area contributed by atoms with Crippen LogP contribution < -0.4 is 15.2 Å². The molecule has 0 unspecified atom stereocenters. The van der Waals surface area contributed by atoms with Crippen molar-refractivity contribution in [2.45, 2.75) is 0 Å². The molecule has 1 aromatic heterocycles. The van der Waals surface area contributed by atoms with Crippen LogP contribution in [0.1, 0.15) is 0 Å². The van der Waals surface area contributed by atoms with Crippen LogP contribution in [0.3, 0.4) is 0 Å². The fraction of sp³-hybridized carbons (Fsp3) is 0.0909. The van der Waals surface area contributed by atoms with Gasteiger partial charge in [-0.3, -0.25) is 0 Å². The molecule has 0 aliphatic rings. The maximum absolute atomic E-state index is 9.19. The quantitative estimate of drug-likeness (QED) is 0.726. The van der Waals surface area contributed by atoms with Crippen molar-refractivity contribution in [2.24, 2.45) is 0 Å². The van der Waals surface area contributed by atoms with Gasteiger partial charge in [0.1, 0.15) is 11.9 Å². The number of anilines is 1. The first-order chi connectivity index (χ1) is 7.70. The zero-order chi connectivity index (χ0) is 11.5. The van der Waals surface area contributed by atoms with Crippen molar-refractivity contribution >= 4 is 5.69 Å². The Labute approximate surface area is 92.7 Å². The van der Waals surface area contributed by atoms with E-state index in [1.807, 2.05) is 0 Å². The Morgan fingerprint density at radius 2 is 2.00 bits per heavy atom. The van der Waals surface area contributed by atoms with Crippen molar-refractivity contribution in [1.82, 2.24) is 5.10 Å². The van der Waals surface area contributed by atoms with Gasteiger partial charge in [-0.15, -0.1) is 0 Å². The van der Waals surface area contributed by atoms with Gasteiger partial charge in [-0.05, 0) is 16.8 Å². The van der Waals surface area contributed by atoms with E-state index in [1.165, 1.54) is 6.20 Å². The molecule has 1 aromatic carbocycles. The molecule has 0 aliphatic heterocycles. The van der Waals surface area contributed by atoms with E-state index in [0.29, 0.717) is 11.6 Å². The summed E-state index contributed by atoms with van der Waals surface area (Å²) in [6.07, 6.45) is 1.54. The van der Waals surface area contributed by atoms with Crippen molar-refractivity contribution in [1.29, 1.82) is 0 Å². The fourth-order valence-electron chi connectivity index (χ4n) is 1.36. The lowest BCUT2D eigenvalue weighted by atomic mass is 10.3. The number of hydrogen-bond acceptors (Lipinski definition) is 4. The lowest BCUT2D eigenvalue weighted by Gasteiger charge is -2.00. The molecule has 0 atom stereocenters. The molecule has 0 radical (unpaired) electrons. The van der Waals surface area contributed by atoms with Gasteiger partial charge in [0.15, 0.2) is 0 Å². The van der Waals surface area contributed by atoms with Crippen LogP contribution in [0.2, 0.25) is 0 Å². The molecule has 5 nitrogen and oxygen atoms in total. The monoisotopic (exact) mass is 218 g/mol. The number of ether oxygens (including phenoxy) is 1. The van der Waals surface area contributed by atoms with Crippen LogP contribution in [0.5, 0.6) is 11.6 Å². The van der Waals surface area contributed by atoms with E-state index in [9.17, 15) is 5.11 Å². The molecule has 2 rings (SSSR count). The van der Waals surface area contributed by atoms with Gasteiger partial charge < -0.3 is 15.6 Å². The highest BCUT2D eigenvalue weighted by Gasteiger charge is 2.16. The van der Waals surface area contributed by atoms with Crippen LogP contribution in [-0.4, -0.2) is 17.3 Å². The maximum atomic E-state index is 9.19. The molecule has 82 valence electrons. The molecule has 3 N–H and O–H groups in total. The number of benzene rings is 1. The lowest BCUT2D eigenvalue weighted by Crippen LogP contribution is -2.36. The smallest absolute Gasteiger partial charge is 0.401 e. The molecule has 0 spiro atoms. The van der Waals surface area contributed by atoms with Gasteiger partial charge in [-0.25, -0.2) is 0 Å². The molecule has 16 heavy (non-hydrogen) atoms. The van der Waals surface area contributed by atoms with Crippen LogP contribution in [0.15, 0.2) is 36.5 Å². The fourth-order valence-corrected chi connectivity index (χ4v) is 1.36. The van der Waals surface area contributed by atoms with Crippen LogP contribution in [0.4, 0.5) is 5.69 Å². The lowest BCUT2D eigenvalue weighted by molar-refractivity contribution is -0.665. The average molecular weight is 218 g/mol. The zero-order valence-corrected chi connectivity index (χ0v) is 8.79. The third-order valence-corrected chi connectivity index (χ3v) is 2.12. The van der Waals surface area contributed by atoms with Gasteiger partial charge >= 0.3 is 5.88 Å². The SMILES string of the molecule is COc1cc(N)cn[n+]1-c1ccc(O)cc1. The highest BCUT2D eigenvalue weighted by molar-refractivity contribution is 5.37. The summed E-state index contributed by atoms with van der Waals surface area (Å²) < 4.78 is 6.76. The molecule has 5 heteroatoms. The molecular formula is C11H12N3O2+. The van der Waals surface area contributed by atoms with E-state index in [-0.39, 0.29) is 5.75 Å². The second-order valence-corrected chi connectivity index (χ2v) is 3.26. The van der Waals surface area contributed by atoms with Gasteiger partial charge in [0.2, 0.25) is 5.69 Å². The van der Waals surface area contributed by atoms with Gasteiger partial charge in [-0.1, -0.05) is 0 Å². The molecule has 0 bridgehead atoms. The number of aromatic nitrogens is 2. The molecule has 2 aromatic rings. The Bertz CT molecular complexity index is 497. The zero-order valence-electron chi connectivity index (χ0n) is 8.79. The van der Waals surface area contributed by atoms with Crippen LogP contribution >= 0.6 is 0 Å². The summed E-state index contributed by atoms with van der Waals surface area (Å²) in [6.45, 7) is 0. The highest BCUT2D eigenvalue weighted by Crippen LogP contribution is 2.13. The second-order valence-electron chi connectivity index (χ2n) is 3.26. The number of nitrogens with two attached hydrogens (primary N) is 1. The van der Waals surface area contributed by atoms with E-state index in [0.717, 1.165) is 5.69 Å². The third kappa shape index (κ3) is 1.88. The summed E-state index contributed by atoms with van der Waals surface area (Å²) in [5.74, 6) is 0.740. The summed E-state index contributed by atoms with van der Waals surface area (Å²) in [7, 11) is 1.55. The van der Waals surface area contributed by atoms with Crippen molar-refractivity contribution in [3.8, 4) is 17.3 Å². The van der Waals surface area contributed by atoms with E-state index in [2.05, 4.69) is 5.10 Å². The minimum Gasteiger partial charge on any atom is -0.508 e.